The SMILES string of the molecule is CCN1CCN(Cc2ccnc(C)n2)CCC(=O)NCC2CCCN(C2)c2nc3cc(OC)c(OC)c(OC)c3cc2C1. The molecule has 1 saturated heterocycles. The molecule has 4 heterocycles. The third-order valence-corrected chi connectivity index (χ3v) is 8.53. The van der Waals surface area contributed by atoms with E-state index in [0.29, 0.717) is 49.2 Å². The zero-order valence-corrected chi connectivity index (χ0v) is 26.2. The summed E-state index contributed by atoms with van der Waals surface area (Å²) in [4.78, 5) is 34.2. The lowest BCUT2D eigenvalue weighted by molar-refractivity contribution is -0.121. The van der Waals surface area contributed by atoms with E-state index in [1.165, 1.54) is 0 Å². The molecule has 1 aromatic carbocycles. The summed E-state index contributed by atoms with van der Waals surface area (Å²) < 4.78 is 17.2. The molecule has 2 aromatic heterocycles. The number of rotatable bonds is 6. The summed E-state index contributed by atoms with van der Waals surface area (Å²) in [6.07, 6.45) is 4.40. The Balaban J connectivity index is 1.53. The Morgan fingerprint density at radius 2 is 1.81 bits per heavy atom. The van der Waals surface area contributed by atoms with Crippen LogP contribution in [0.1, 0.15) is 43.3 Å². The molecule has 0 spiro atoms. The highest BCUT2D eigenvalue weighted by Crippen LogP contribution is 2.44. The van der Waals surface area contributed by atoms with Gasteiger partial charge in [-0.1, -0.05) is 6.92 Å². The Bertz CT molecular complexity index is 1420. The number of ether oxygens (including phenoxy) is 3. The monoisotopic (exact) mass is 591 g/mol. The molecule has 2 aliphatic heterocycles. The van der Waals surface area contributed by atoms with E-state index < -0.39 is 0 Å². The summed E-state index contributed by atoms with van der Waals surface area (Å²) in [5.74, 6) is 3.97. The second-order valence-electron chi connectivity index (χ2n) is 11.4. The van der Waals surface area contributed by atoms with Crippen LogP contribution in [0.15, 0.2) is 24.4 Å². The predicted molar refractivity (Wildman–Crippen MR) is 167 cm³/mol. The Hall–Kier alpha value is -3.70. The molecular formula is C32H45N7O4. The molecule has 0 saturated carbocycles. The third-order valence-electron chi connectivity index (χ3n) is 8.53. The second kappa shape index (κ2) is 14.2. The van der Waals surface area contributed by atoms with Crippen molar-refractivity contribution in [3.8, 4) is 17.2 Å². The number of pyridine rings is 1. The van der Waals surface area contributed by atoms with Crippen LogP contribution in [0.3, 0.4) is 0 Å². The number of methoxy groups -OCH3 is 3. The normalized spacial score (nSPS) is 19.2. The number of benzene rings is 1. The summed E-state index contributed by atoms with van der Waals surface area (Å²) in [6.45, 7) is 11.2. The van der Waals surface area contributed by atoms with Crippen LogP contribution in [0.2, 0.25) is 0 Å². The van der Waals surface area contributed by atoms with Crippen LogP contribution in [0.25, 0.3) is 10.9 Å². The van der Waals surface area contributed by atoms with Crippen molar-refractivity contribution in [3.05, 3.63) is 41.5 Å². The van der Waals surface area contributed by atoms with Gasteiger partial charge in [-0.05, 0) is 44.4 Å². The number of likely N-dealkylation sites (N-methyl/N-ethyl adjacent to an activating group) is 1. The van der Waals surface area contributed by atoms with E-state index in [1.54, 1.807) is 27.5 Å². The number of carbonyl (C=O) groups is 1. The molecule has 11 nitrogen and oxygen atoms in total. The average molecular weight is 592 g/mol. The van der Waals surface area contributed by atoms with Crippen LogP contribution in [0, 0.1) is 12.8 Å². The van der Waals surface area contributed by atoms with Crippen LogP contribution in [-0.2, 0) is 17.9 Å². The van der Waals surface area contributed by atoms with Crippen molar-refractivity contribution < 1.29 is 19.0 Å². The predicted octanol–water partition coefficient (Wildman–Crippen LogP) is 3.42. The molecule has 0 aliphatic carbocycles. The maximum absolute atomic E-state index is 12.9. The molecular weight excluding hydrogens is 546 g/mol. The smallest absolute Gasteiger partial charge is 0.221 e. The summed E-state index contributed by atoms with van der Waals surface area (Å²) in [6, 6.07) is 6.10. The van der Waals surface area contributed by atoms with E-state index in [-0.39, 0.29) is 5.91 Å². The number of nitrogens with zero attached hydrogens (tertiary/aromatic N) is 6. The minimum atomic E-state index is 0.0980. The zero-order chi connectivity index (χ0) is 30.3. The van der Waals surface area contributed by atoms with Gasteiger partial charge in [0.1, 0.15) is 11.6 Å². The molecule has 232 valence electrons. The topological polar surface area (TPSA) is 105 Å². The fourth-order valence-corrected chi connectivity index (χ4v) is 6.21. The largest absolute Gasteiger partial charge is 0.493 e. The lowest BCUT2D eigenvalue weighted by Crippen LogP contribution is -2.42. The van der Waals surface area contributed by atoms with Crippen molar-refractivity contribution in [1.82, 2.24) is 30.1 Å². The zero-order valence-electron chi connectivity index (χ0n) is 26.2. The molecule has 1 atom stereocenters. The molecule has 2 aliphatic rings. The molecule has 1 N–H and O–H groups in total. The Labute approximate surface area is 254 Å². The average Bonchev–Trinajstić information content (AvgIpc) is 3.02. The van der Waals surface area contributed by atoms with Gasteiger partial charge in [-0.3, -0.25) is 14.6 Å². The van der Waals surface area contributed by atoms with E-state index >= 15 is 0 Å². The third kappa shape index (κ3) is 7.27. The number of hydrogen-bond acceptors (Lipinski definition) is 10. The van der Waals surface area contributed by atoms with Crippen molar-refractivity contribution in [3.63, 3.8) is 0 Å². The lowest BCUT2D eigenvalue weighted by atomic mass is 9.97. The molecule has 11 heteroatoms. The van der Waals surface area contributed by atoms with Crippen LogP contribution >= 0.6 is 0 Å². The molecule has 1 unspecified atom stereocenters. The standard InChI is InChI=1S/C32H45N7O4/c1-6-37-14-15-38(21-25-9-11-33-22(2)35-25)13-10-29(40)34-18-23-8-7-12-39(19-23)32-24(20-37)16-26-27(36-32)17-28(41-3)31(43-5)30(26)42-4/h9,11,16-17,23H,6-8,10,12-15,18-21H2,1-5H3,(H,34,40). The van der Waals surface area contributed by atoms with Gasteiger partial charge in [-0.15, -0.1) is 0 Å². The highest BCUT2D eigenvalue weighted by Gasteiger charge is 2.27. The number of fused-ring (bicyclic) bond motifs is 5. The summed E-state index contributed by atoms with van der Waals surface area (Å²) >= 11 is 0. The first-order valence-corrected chi connectivity index (χ1v) is 15.3. The molecule has 1 fully saturated rings. The van der Waals surface area contributed by atoms with Crippen LogP contribution < -0.4 is 24.4 Å². The van der Waals surface area contributed by atoms with Crippen LogP contribution in [-0.4, -0.2) is 97.8 Å². The summed E-state index contributed by atoms with van der Waals surface area (Å²) in [5, 5.41) is 4.12. The fourth-order valence-electron chi connectivity index (χ4n) is 6.21. The van der Waals surface area contributed by atoms with Crippen molar-refractivity contribution in [2.24, 2.45) is 5.92 Å². The van der Waals surface area contributed by atoms with Gasteiger partial charge in [0.2, 0.25) is 11.7 Å². The van der Waals surface area contributed by atoms with E-state index in [1.807, 2.05) is 19.1 Å². The van der Waals surface area contributed by atoms with Crippen LogP contribution in [0.5, 0.6) is 17.2 Å². The van der Waals surface area contributed by atoms with E-state index in [4.69, 9.17) is 19.2 Å². The molecule has 3 aromatic rings. The highest BCUT2D eigenvalue weighted by atomic mass is 16.5. The maximum Gasteiger partial charge on any atom is 0.221 e. The Morgan fingerprint density at radius 3 is 2.56 bits per heavy atom. The fraction of sp³-hybridized carbons (Fsp3) is 0.562. The number of anilines is 1. The minimum Gasteiger partial charge on any atom is -0.493 e. The maximum atomic E-state index is 12.9. The van der Waals surface area contributed by atoms with Gasteiger partial charge >= 0.3 is 0 Å². The van der Waals surface area contributed by atoms with Gasteiger partial charge in [-0.2, -0.15) is 0 Å². The second-order valence-corrected chi connectivity index (χ2v) is 11.4. The van der Waals surface area contributed by atoms with Crippen molar-refractivity contribution in [2.45, 2.75) is 46.2 Å². The van der Waals surface area contributed by atoms with Gasteiger partial charge in [-0.25, -0.2) is 15.0 Å². The molecule has 1 amide bonds. The van der Waals surface area contributed by atoms with Gasteiger partial charge in [0.25, 0.3) is 0 Å². The first-order valence-electron chi connectivity index (χ1n) is 15.3. The first kappa shape index (κ1) is 30.7. The minimum absolute atomic E-state index is 0.0980. The van der Waals surface area contributed by atoms with Crippen LogP contribution in [0.4, 0.5) is 5.82 Å². The van der Waals surface area contributed by atoms with Crippen molar-refractivity contribution in [1.29, 1.82) is 0 Å². The summed E-state index contributed by atoms with van der Waals surface area (Å²) in [5.41, 5.74) is 2.92. The number of piperidine rings is 1. The first-order chi connectivity index (χ1) is 20.9. The van der Waals surface area contributed by atoms with Gasteiger partial charge < -0.3 is 24.4 Å². The number of hydrogen-bond donors (Lipinski definition) is 1. The van der Waals surface area contributed by atoms with E-state index in [2.05, 4.69) is 43.0 Å². The van der Waals surface area contributed by atoms with Gasteiger partial charge in [0, 0.05) is 82.0 Å². The molecule has 2 bridgehead atoms. The van der Waals surface area contributed by atoms with Crippen molar-refractivity contribution >= 4 is 22.6 Å². The van der Waals surface area contributed by atoms with E-state index in [0.717, 1.165) is 85.9 Å². The lowest BCUT2D eigenvalue weighted by Gasteiger charge is -2.35. The van der Waals surface area contributed by atoms with E-state index in [9.17, 15) is 4.79 Å². The number of aromatic nitrogens is 3. The molecule has 5 rings (SSSR count). The van der Waals surface area contributed by atoms with Crippen molar-refractivity contribution in [2.75, 3.05) is 72.0 Å². The number of carbonyl (C=O) groups excluding carboxylic acids is 1. The van der Waals surface area contributed by atoms with Gasteiger partial charge in [0.05, 0.1) is 32.5 Å². The Morgan fingerprint density at radius 1 is 1.00 bits per heavy atom. The summed E-state index contributed by atoms with van der Waals surface area (Å²) in [7, 11) is 4.91. The molecule has 43 heavy (non-hydrogen) atoms. The Kier molecular flexibility index (Phi) is 10.1. The number of nitrogens with one attached hydrogen (secondary N) is 1. The number of aryl methyl sites for hydroxylation is 1. The highest BCUT2D eigenvalue weighted by molar-refractivity contribution is 5.92. The van der Waals surface area contributed by atoms with Gasteiger partial charge in [0.15, 0.2) is 11.5 Å². The number of amides is 1. The molecule has 0 radical (unpaired) electrons. The quantitative estimate of drug-likeness (QED) is 0.459.